The van der Waals surface area contributed by atoms with Gasteiger partial charge < -0.3 is 30.9 Å². The van der Waals surface area contributed by atoms with Gasteiger partial charge in [0.25, 0.3) is 0 Å². The highest BCUT2D eigenvalue weighted by Gasteiger charge is 2.46. The first-order valence-electron chi connectivity index (χ1n) is 11.7. The number of rotatable bonds is 6. The molecule has 3 aromatic rings. The van der Waals surface area contributed by atoms with Gasteiger partial charge in [0, 0.05) is 30.2 Å². The van der Waals surface area contributed by atoms with E-state index in [1.54, 1.807) is 32.7 Å². The Bertz CT molecular complexity index is 1280. The summed E-state index contributed by atoms with van der Waals surface area (Å²) in [5.41, 5.74) is 15.5. The molecule has 190 valence electrons. The van der Waals surface area contributed by atoms with Gasteiger partial charge in [-0.2, -0.15) is 0 Å². The molecule has 0 bridgehead atoms. The molecule has 0 amide bonds. The smallest absolute Gasteiger partial charge is 0.161 e. The molecule has 1 saturated heterocycles. The Balaban J connectivity index is 1.32. The van der Waals surface area contributed by atoms with Gasteiger partial charge in [0.15, 0.2) is 17.3 Å². The fourth-order valence-corrected chi connectivity index (χ4v) is 6.34. The summed E-state index contributed by atoms with van der Waals surface area (Å²) in [5.74, 6) is 2.40. The van der Waals surface area contributed by atoms with E-state index in [4.69, 9.17) is 32.5 Å². The van der Waals surface area contributed by atoms with Crippen LogP contribution in [0.25, 0.3) is 0 Å². The number of ether oxygens (including phenoxy) is 2. The number of nitrogens with zero attached hydrogens (tertiary/aromatic N) is 4. The molecule has 1 fully saturated rings. The molecule has 1 atom stereocenters. The van der Waals surface area contributed by atoms with Gasteiger partial charge in [-0.15, -0.1) is 0 Å². The maximum absolute atomic E-state index is 10.1. The molecule has 3 heterocycles. The van der Waals surface area contributed by atoms with Crippen molar-refractivity contribution in [3.63, 3.8) is 0 Å². The number of fused-ring (bicyclic) bond motifs is 1. The zero-order chi connectivity index (χ0) is 25.4. The number of nitrogen functional groups attached to an aromatic ring is 1. The van der Waals surface area contributed by atoms with Crippen molar-refractivity contribution < 1.29 is 14.6 Å². The summed E-state index contributed by atoms with van der Waals surface area (Å²) < 4.78 is 11.0. The second-order valence-electron chi connectivity index (χ2n) is 9.16. The van der Waals surface area contributed by atoms with E-state index in [1.165, 1.54) is 17.3 Å². The first kappa shape index (κ1) is 24.9. The number of hydrogen-bond acceptors (Lipinski definition) is 10. The average Bonchev–Trinajstić information content (AvgIpc) is 3.16. The SMILES string of the molecule is COc1cc2c(cc1OC)[C@@H](N)C1(CCN(c3ncc(Sc4ccnc(N)c4Cl)nc3CO)CC1)C2. The third-order valence-electron chi connectivity index (χ3n) is 7.29. The number of pyridine rings is 1. The van der Waals surface area contributed by atoms with Crippen molar-refractivity contribution in [2.45, 2.75) is 41.8 Å². The minimum Gasteiger partial charge on any atom is -0.493 e. The van der Waals surface area contributed by atoms with Crippen LogP contribution in [-0.2, 0) is 13.0 Å². The first-order chi connectivity index (χ1) is 17.4. The van der Waals surface area contributed by atoms with Crippen LogP contribution in [0.1, 0.15) is 35.7 Å². The Labute approximate surface area is 219 Å². The summed E-state index contributed by atoms with van der Waals surface area (Å²) >= 11 is 7.61. The lowest BCUT2D eigenvalue weighted by Gasteiger charge is -2.42. The lowest BCUT2D eigenvalue weighted by molar-refractivity contribution is 0.186. The van der Waals surface area contributed by atoms with Gasteiger partial charge in [0.05, 0.1) is 32.0 Å². The second-order valence-corrected chi connectivity index (χ2v) is 10.6. The number of benzene rings is 1. The number of nitrogens with two attached hydrogens (primary N) is 2. The molecule has 9 nitrogen and oxygen atoms in total. The molecule has 1 spiro atoms. The third kappa shape index (κ3) is 4.32. The molecule has 1 aromatic carbocycles. The van der Waals surface area contributed by atoms with Crippen molar-refractivity contribution in [1.82, 2.24) is 15.0 Å². The Kier molecular flexibility index (Phi) is 6.86. The molecule has 0 unspecified atom stereocenters. The van der Waals surface area contributed by atoms with Crippen LogP contribution in [0.4, 0.5) is 11.6 Å². The average molecular weight is 529 g/mol. The van der Waals surface area contributed by atoms with Crippen LogP contribution >= 0.6 is 23.4 Å². The summed E-state index contributed by atoms with van der Waals surface area (Å²) in [6, 6.07) is 5.78. The molecule has 1 aliphatic heterocycles. The highest BCUT2D eigenvalue weighted by molar-refractivity contribution is 7.99. The topological polar surface area (TPSA) is 133 Å². The number of aromatic nitrogens is 3. The molecule has 2 aliphatic rings. The minimum atomic E-state index is -0.213. The predicted molar refractivity (Wildman–Crippen MR) is 140 cm³/mol. The molecule has 5 rings (SSSR count). The van der Waals surface area contributed by atoms with Crippen molar-refractivity contribution >= 4 is 35.0 Å². The Morgan fingerprint density at radius 3 is 2.61 bits per heavy atom. The second kappa shape index (κ2) is 9.93. The van der Waals surface area contributed by atoms with E-state index in [1.807, 2.05) is 6.07 Å². The van der Waals surface area contributed by atoms with E-state index < -0.39 is 0 Å². The van der Waals surface area contributed by atoms with Crippen LogP contribution in [0.5, 0.6) is 11.5 Å². The number of halogens is 1. The predicted octanol–water partition coefficient (Wildman–Crippen LogP) is 3.61. The normalized spacial score (nSPS) is 18.4. The standard InChI is InChI=1S/C25H29ClN6O3S/c1-34-17-9-14-11-25(22(27)15(14)10-18(17)35-2)4-7-32(8-5-25)24-16(13-33)31-20(12-30-24)36-19-3-6-29-23(28)21(19)26/h3,6,9-10,12,22,33H,4-5,7-8,11,13,27H2,1-2H3,(H2,28,29)/t22-/m1/s1. The Morgan fingerprint density at radius 1 is 1.19 bits per heavy atom. The van der Waals surface area contributed by atoms with Gasteiger partial charge in [-0.05, 0) is 54.0 Å². The number of anilines is 2. The number of aliphatic hydroxyl groups excluding tert-OH is 1. The molecular formula is C25H29ClN6O3S. The van der Waals surface area contributed by atoms with E-state index in [2.05, 4.69) is 25.9 Å². The van der Waals surface area contributed by atoms with E-state index >= 15 is 0 Å². The Hall–Kier alpha value is -2.79. The molecule has 36 heavy (non-hydrogen) atoms. The summed E-state index contributed by atoms with van der Waals surface area (Å²) in [6.07, 6.45) is 6.01. The highest BCUT2D eigenvalue weighted by Crippen LogP contribution is 2.53. The van der Waals surface area contributed by atoms with Crippen molar-refractivity contribution in [2.24, 2.45) is 11.1 Å². The molecule has 0 saturated carbocycles. The van der Waals surface area contributed by atoms with Crippen LogP contribution < -0.4 is 25.8 Å². The number of piperidine rings is 1. The summed E-state index contributed by atoms with van der Waals surface area (Å²) in [6.45, 7) is 1.34. The van der Waals surface area contributed by atoms with Crippen LogP contribution in [0.3, 0.4) is 0 Å². The zero-order valence-corrected chi connectivity index (χ0v) is 21.8. The van der Waals surface area contributed by atoms with Crippen LogP contribution in [-0.4, -0.2) is 47.4 Å². The van der Waals surface area contributed by atoms with Crippen molar-refractivity contribution in [3.05, 3.63) is 52.4 Å². The van der Waals surface area contributed by atoms with E-state index in [9.17, 15) is 5.11 Å². The van der Waals surface area contributed by atoms with Crippen molar-refractivity contribution in [1.29, 1.82) is 0 Å². The number of aliphatic hydroxyl groups is 1. The largest absolute Gasteiger partial charge is 0.493 e. The summed E-state index contributed by atoms with van der Waals surface area (Å²) in [4.78, 5) is 16.2. The first-order valence-corrected chi connectivity index (χ1v) is 12.9. The van der Waals surface area contributed by atoms with Crippen LogP contribution in [0.2, 0.25) is 5.02 Å². The number of methoxy groups -OCH3 is 2. The molecule has 11 heteroatoms. The summed E-state index contributed by atoms with van der Waals surface area (Å²) in [5, 5.41) is 11.1. The van der Waals surface area contributed by atoms with Gasteiger partial charge in [-0.1, -0.05) is 23.4 Å². The molecule has 5 N–H and O–H groups in total. The van der Waals surface area contributed by atoms with E-state index in [-0.39, 0.29) is 23.9 Å². The van der Waals surface area contributed by atoms with Crippen LogP contribution in [0, 0.1) is 5.41 Å². The minimum absolute atomic E-state index is 0.0309. The maximum atomic E-state index is 10.1. The fourth-order valence-electron chi connectivity index (χ4n) is 5.31. The Morgan fingerprint density at radius 2 is 1.92 bits per heavy atom. The quantitative estimate of drug-likeness (QED) is 0.435. The van der Waals surface area contributed by atoms with Gasteiger partial charge in [-0.25, -0.2) is 15.0 Å². The zero-order valence-electron chi connectivity index (χ0n) is 20.2. The summed E-state index contributed by atoms with van der Waals surface area (Å²) in [7, 11) is 3.29. The number of hydrogen-bond donors (Lipinski definition) is 3. The lowest BCUT2D eigenvalue weighted by Crippen LogP contribution is -2.45. The van der Waals surface area contributed by atoms with Crippen molar-refractivity contribution in [3.8, 4) is 11.5 Å². The van der Waals surface area contributed by atoms with Gasteiger partial charge in [-0.3, -0.25) is 0 Å². The molecule has 1 aliphatic carbocycles. The van der Waals surface area contributed by atoms with Gasteiger partial charge >= 0.3 is 0 Å². The lowest BCUT2D eigenvalue weighted by atomic mass is 9.73. The molecule has 0 radical (unpaired) electrons. The van der Waals surface area contributed by atoms with Gasteiger partial charge in [0.1, 0.15) is 16.5 Å². The van der Waals surface area contributed by atoms with E-state index in [0.29, 0.717) is 27.3 Å². The van der Waals surface area contributed by atoms with E-state index in [0.717, 1.165) is 48.6 Å². The van der Waals surface area contributed by atoms with Gasteiger partial charge in [0.2, 0.25) is 0 Å². The monoisotopic (exact) mass is 528 g/mol. The third-order valence-corrected chi connectivity index (χ3v) is 8.76. The fraction of sp³-hybridized carbons (Fsp3) is 0.400. The van der Waals surface area contributed by atoms with Crippen LogP contribution in [0.15, 0.2) is 40.5 Å². The highest BCUT2D eigenvalue weighted by atomic mass is 35.5. The van der Waals surface area contributed by atoms with Crippen molar-refractivity contribution in [2.75, 3.05) is 37.9 Å². The maximum Gasteiger partial charge on any atom is 0.161 e. The molecule has 2 aromatic heterocycles. The molecular weight excluding hydrogens is 500 g/mol.